The summed E-state index contributed by atoms with van der Waals surface area (Å²) in [4.78, 5) is 19.2. The minimum Gasteiger partial charge on any atom is -0.352 e. The van der Waals surface area contributed by atoms with Gasteiger partial charge in [-0.15, -0.1) is 0 Å². The summed E-state index contributed by atoms with van der Waals surface area (Å²) in [5.74, 6) is -2.15. The molecule has 0 saturated carbocycles. The Labute approximate surface area is 119 Å². The van der Waals surface area contributed by atoms with Crippen LogP contribution in [0.2, 0.25) is 0 Å². The third-order valence-corrected chi connectivity index (χ3v) is 3.34. The summed E-state index contributed by atoms with van der Waals surface area (Å²) in [7, 11) is 0. The average molecular weight is 297 g/mol. The first kappa shape index (κ1) is 14.5. The summed E-state index contributed by atoms with van der Waals surface area (Å²) in [6.45, 7) is 0.389. The number of nitrogens with zero attached hydrogens (tertiary/aromatic N) is 1. The quantitative estimate of drug-likeness (QED) is 0.806. The number of halogens is 2. The first-order valence-electron chi connectivity index (χ1n) is 5.97. The third kappa shape index (κ3) is 4.06. The van der Waals surface area contributed by atoms with E-state index < -0.39 is 5.76 Å². The summed E-state index contributed by atoms with van der Waals surface area (Å²) < 4.78 is 24.8. The number of hydrogen-bond acceptors (Lipinski definition) is 3. The van der Waals surface area contributed by atoms with E-state index in [1.165, 1.54) is 12.1 Å². The molecule has 0 unspecified atom stereocenters. The Morgan fingerprint density at radius 3 is 2.90 bits per heavy atom. The van der Waals surface area contributed by atoms with E-state index in [-0.39, 0.29) is 16.4 Å². The Morgan fingerprint density at radius 1 is 1.40 bits per heavy atom. The van der Waals surface area contributed by atoms with E-state index >= 15 is 0 Å². The van der Waals surface area contributed by atoms with Gasteiger partial charge in [0.15, 0.2) is 0 Å². The fourth-order valence-electron chi connectivity index (χ4n) is 1.68. The van der Waals surface area contributed by atoms with Crippen molar-refractivity contribution in [2.75, 3.05) is 6.54 Å². The third-order valence-electron chi connectivity index (χ3n) is 2.55. The van der Waals surface area contributed by atoms with Crippen LogP contribution in [-0.2, 0) is 6.42 Å². The van der Waals surface area contributed by atoms with E-state index in [0.29, 0.717) is 24.7 Å². The molecule has 0 fully saturated rings. The number of alkyl halides is 2. The number of thioether (sulfide) groups is 1. The standard InChI is InChI=1S/C13H13F2N3OS/c14-13(15)20-10-4-2-1-3-9(10)12(19)18-6-5-11-16-7-8-17-11/h1-4,7-8,13H,5-6H2,(H,16,17)(H,18,19). The molecule has 7 heteroatoms. The molecule has 0 atom stereocenters. The van der Waals surface area contributed by atoms with Crippen molar-refractivity contribution >= 4 is 17.7 Å². The molecule has 4 nitrogen and oxygen atoms in total. The second kappa shape index (κ2) is 7.04. The van der Waals surface area contributed by atoms with Gasteiger partial charge < -0.3 is 10.3 Å². The minimum absolute atomic E-state index is 0.261. The lowest BCUT2D eigenvalue weighted by molar-refractivity contribution is 0.0951. The van der Waals surface area contributed by atoms with E-state index in [1.807, 2.05) is 0 Å². The maximum absolute atomic E-state index is 12.4. The van der Waals surface area contributed by atoms with Crippen LogP contribution in [0.1, 0.15) is 16.2 Å². The van der Waals surface area contributed by atoms with E-state index in [4.69, 9.17) is 0 Å². The van der Waals surface area contributed by atoms with Gasteiger partial charge in [-0.25, -0.2) is 4.98 Å². The van der Waals surface area contributed by atoms with E-state index in [2.05, 4.69) is 15.3 Å². The lowest BCUT2D eigenvalue weighted by Crippen LogP contribution is -2.26. The summed E-state index contributed by atoms with van der Waals surface area (Å²) >= 11 is 0.372. The number of amides is 1. The van der Waals surface area contributed by atoms with Gasteiger partial charge in [-0.3, -0.25) is 4.79 Å². The smallest absolute Gasteiger partial charge is 0.288 e. The Hall–Kier alpha value is -1.89. The molecule has 2 rings (SSSR count). The minimum atomic E-state index is -2.55. The molecule has 1 aromatic carbocycles. The molecule has 1 aromatic heterocycles. The van der Waals surface area contributed by atoms with Crippen LogP contribution in [0.15, 0.2) is 41.6 Å². The molecule has 106 valence electrons. The number of benzene rings is 1. The van der Waals surface area contributed by atoms with Crippen molar-refractivity contribution in [2.45, 2.75) is 17.1 Å². The monoisotopic (exact) mass is 297 g/mol. The van der Waals surface area contributed by atoms with Gasteiger partial charge in [0.1, 0.15) is 5.82 Å². The molecule has 1 heterocycles. The van der Waals surface area contributed by atoms with E-state index in [0.717, 1.165) is 5.82 Å². The SMILES string of the molecule is O=C(NCCc1ncc[nH]1)c1ccccc1SC(F)F. The van der Waals surface area contributed by atoms with Gasteiger partial charge in [-0.2, -0.15) is 8.78 Å². The van der Waals surface area contributed by atoms with Crippen LogP contribution in [0.4, 0.5) is 8.78 Å². The average Bonchev–Trinajstić information content (AvgIpc) is 2.91. The van der Waals surface area contributed by atoms with Gasteiger partial charge in [-0.1, -0.05) is 23.9 Å². The molecule has 0 aliphatic carbocycles. The topological polar surface area (TPSA) is 57.8 Å². The predicted molar refractivity (Wildman–Crippen MR) is 72.9 cm³/mol. The molecule has 0 bridgehead atoms. The number of H-pyrrole nitrogens is 1. The highest BCUT2D eigenvalue weighted by Gasteiger charge is 2.14. The van der Waals surface area contributed by atoms with E-state index in [9.17, 15) is 13.6 Å². The van der Waals surface area contributed by atoms with Gasteiger partial charge >= 0.3 is 0 Å². The number of rotatable bonds is 6. The van der Waals surface area contributed by atoms with Crippen molar-refractivity contribution in [3.05, 3.63) is 48.0 Å². The largest absolute Gasteiger partial charge is 0.352 e. The van der Waals surface area contributed by atoms with Crippen molar-refractivity contribution in [1.82, 2.24) is 15.3 Å². The zero-order valence-corrected chi connectivity index (χ0v) is 11.3. The molecule has 0 aliphatic heterocycles. The first-order chi connectivity index (χ1) is 9.66. The normalized spacial score (nSPS) is 10.8. The summed E-state index contributed by atoms with van der Waals surface area (Å²) in [6.07, 6.45) is 3.89. The van der Waals surface area contributed by atoms with Crippen molar-refractivity contribution in [3.63, 3.8) is 0 Å². The molecule has 2 N–H and O–H groups in total. The summed E-state index contributed by atoms with van der Waals surface area (Å²) in [6, 6.07) is 6.33. The molecular formula is C13H13F2N3OS. The van der Waals surface area contributed by atoms with Gasteiger partial charge in [0.05, 0.1) is 5.56 Å². The number of carbonyl (C=O) groups excluding carboxylic acids is 1. The lowest BCUT2D eigenvalue weighted by Gasteiger charge is -2.09. The fraction of sp³-hybridized carbons (Fsp3) is 0.231. The molecular weight excluding hydrogens is 284 g/mol. The molecule has 0 spiro atoms. The van der Waals surface area contributed by atoms with Crippen LogP contribution >= 0.6 is 11.8 Å². The van der Waals surface area contributed by atoms with Gasteiger partial charge in [0.25, 0.3) is 11.7 Å². The second-order valence-electron chi connectivity index (χ2n) is 3.92. The van der Waals surface area contributed by atoms with Crippen LogP contribution in [0.5, 0.6) is 0 Å². The van der Waals surface area contributed by atoms with Gasteiger partial charge in [0.2, 0.25) is 0 Å². The van der Waals surface area contributed by atoms with Crippen LogP contribution in [0, 0.1) is 0 Å². The van der Waals surface area contributed by atoms with E-state index in [1.54, 1.807) is 24.5 Å². The molecule has 2 aromatic rings. The highest BCUT2D eigenvalue weighted by molar-refractivity contribution is 7.99. The number of imidazole rings is 1. The van der Waals surface area contributed by atoms with Crippen molar-refractivity contribution in [2.24, 2.45) is 0 Å². The zero-order chi connectivity index (χ0) is 14.4. The molecule has 0 radical (unpaired) electrons. The molecule has 0 saturated heterocycles. The van der Waals surface area contributed by atoms with Crippen LogP contribution in [-0.4, -0.2) is 28.2 Å². The summed E-state index contributed by atoms with van der Waals surface area (Å²) in [5, 5.41) is 2.69. The Kier molecular flexibility index (Phi) is 5.11. The number of aromatic amines is 1. The van der Waals surface area contributed by atoms with Crippen molar-refractivity contribution < 1.29 is 13.6 Å². The summed E-state index contributed by atoms with van der Waals surface area (Å²) in [5.41, 5.74) is 0.261. The van der Waals surface area contributed by atoms with Crippen LogP contribution in [0.3, 0.4) is 0 Å². The highest BCUT2D eigenvalue weighted by atomic mass is 32.2. The Balaban J connectivity index is 1.94. The Morgan fingerprint density at radius 2 is 2.20 bits per heavy atom. The zero-order valence-electron chi connectivity index (χ0n) is 10.5. The van der Waals surface area contributed by atoms with Crippen LogP contribution in [0.25, 0.3) is 0 Å². The van der Waals surface area contributed by atoms with Crippen LogP contribution < -0.4 is 5.32 Å². The van der Waals surface area contributed by atoms with Gasteiger partial charge in [-0.05, 0) is 12.1 Å². The highest BCUT2D eigenvalue weighted by Crippen LogP contribution is 2.28. The maximum Gasteiger partial charge on any atom is 0.288 e. The van der Waals surface area contributed by atoms with Gasteiger partial charge in [0, 0.05) is 30.3 Å². The maximum atomic E-state index is 12.4. The van der Waals surface area contributed by atoms with Crippen molar-refractivity contribution in [3.8, 4) is 0 Å². The predicted octanol–water partition coefficient (Wildman–Crippen LogP) is 2.70. The number of aromatic nitrogens is 2. The fourth-order valence-corrected chi connectivity index (χ4v) is 2.31. The number of nitrogens with one attached hydrogen (secondary N) is 2. The number of carbonyl (C=O) groups is 1. The Bertz CT molecular complexity index is 561. The first-order valence-corrected chi connectivity index (χ1v) is 6.85. The second-order valence-corrected chi connectivity index (χ2v) is 4.95. The molecule has 20 heavy (non-hydrogen) atoms. The lowest BCUT2D eigenvalue weighted by atomic mass is 10.2. The van der Waals surface area contributed by atoms with Crippen molar-refractivity contribution in [1.29, 1.82) is 0 Å². The molecule has 1 amide bonds. The number of hydrogen-bond donors (Lipinski definition) is 2. The molecule has 0 aliphatic rings.